The summed E-state index contributed by atoms with van der Waals surface area (Å²) in [6, 6.07) is -4.15. The first-order valence-corrected chi connectivity index (χ1v) is 11.1. The van der Waals surface area contributed by atoms with Crippen molar-refractivity contribution in [3.05, 3.63) is 18.2 Å². The molecule has 33 heavy (non-hydrogen) atoms. The minimum atomic E-state index is -1.51. The van der Waals surface area contributed by atoms with Gasteiger partial charge in [0.15, 0.2) is 6.04 Å². The predicted octanol–water partition coefficient (Wildman–Crippen LogP) is -1.25. The summed E-state index contributed by atoms with van der Waals surface area (Å²) in [6.07, 6.45) is 3.29. The zero-order valence-electron chi connectivity index (χ0n) is 19.2. The third kappa shape index (κ3) is 7.26. The highest BCUT2D eigenvalue weighted by molar-refractivity contribution is 5.94. The third-order valence-corrected chi connectivity index (χ3v) is 5.54. The number of aliphatic carboxylic acids is 1. The van der Waals surface area contributed by atoms with Gasteiger partial charge in [-0.05, 0) is 32.1 Å². The van der Waals surface area contributed by atoms with E-state index >= 15 is 0 Å². The van der Waals surface area contributed by atoms with Gasteiger partial charge in [0.25, 0.3) is 0 Å². The number of rotatable bonds is 11. The van der Waals surface area contributed by atoms with Gasteiger partial charge in [-0.25, -0.2) is 9.78 Å². The highest BCUT2D eigenvalue weighted by Gasteiger charge is 2.38. The fourth-order valence-corrected chi connectivity index (χ4v) is 3.85. The Morgan fingerprint density at radius 1 is 1.27 bits per heavy atom. The van der Waals surface area contributed by atoms with E-state index in [4.69, 9.17) is 5.73 Å². The molecule has 1 aromatic heterocycles. The van der Waals surface area contributed by atoms with E-state index in [9.17, 15) is 29.4 Å². The van der Waals surface area contributed by atoms with Crippen LogP contribution < -0.4 is 16.4 Å². The number of nitrogens with zero attached hydrogens (tertiary/aromatic N) is 2. The first-order chi connectivity index (χ1) is 15.5. The summed E-state index contributed by atoms with van der Waals surface area (Å²) in [5, 5.41) is 23.8. The van der Waals surface area contributed by atoms with Crippen molar-refractivity contribution in [3.8, 4) is 0 Å². The van der Waals surface area contributed by atoms with Crippen molar-refractivity contribution in [1.29, 1.82) is 0 Å². The summed E-state index contributed by atoms with van der Waals surface area (Å²) in [7, 11) is 0. The van der Waals surface area contributed by atoms with Crippen LogP contribution in [0.3, 0.4) is 0 Å². The van der Waals surface area contributed by atoms with Crippen molar-refractivity contribution >= 4 is 23.7 Å². The summed E-state index contributed by atoms with van der Waals surface area (Å²) in [5.41, 5.74) is 6.77. The average Bonchev–Trinajstić information content (AvgIpc) is 3.41. The lowest BCUT2D eigenvalue weighted by molar-refractivity contribution is -0.145. The molecule has 12 nitrogen and oxygen atoms in total. The van der Waals surface area contributed by atoms with E-state index in [0.29, 0.717) is 25.1 Å². The van der Waals surface area contributed by atoms with Crippen molar-refractivity contribution < 1.29 is 29.4 Å². The van der Waals surface area contributed by atoms with Gasteiger partial charge in [-0.15, -0.1) is 0 Å². The van der Waals surface area contributed by atoms with Crippen LogP contribution in [0.4, 0.5) is 0 Å². The summed E-state index contributed by atoms with van der Waals surface area (Å²) in [6.45, 7) is 5.34. The van der Waals surface area contributed by atoms with Gasteiger partial charge < -0.3 is 36.5 Å². The lowest BCUT2D eigenvalue weighted by atomic mass is 10.0. The fourth-order valence-electron chi connectivity index (χ4n) is 3.85. The van der Waals surface area contributed by atoms with Crippen LogP contribution in [0.5, 0.6) is 0 Å². The number of aromatic nitrogens is 2. The number of imidazole rings is 1. The van der Waals surface area contributed by atoms with Crippen LogP contribution >= 0.6 is 0 Å². The fraction of sp³-hybridized carbons (Fsp3) is 0.667. The Morgan fingerprint density at radius 2 is 1.97 bits per heavy atom. The SMILES string of the molecule is CC(C)CC(NC(=O)C1CCCN1C(=O)C(N)Cc1cnc[nH]1)C(=O)NC(C(=O)O)C(C)O. The van der Waals surface area contributed by atoms with E-state index in [0.717, 1.165) is 0 Å². The molecule has 12 heteroatoms. The highest BCUT2D eigenvalue weighted by Crippen LogP contribution is 2.20. The molecule has 1 aliphatic rings. The lowest BCUT2D eigenvalue weighted by Crippen LogP contribution is -2.58. The molecular weight excluding hydrogens is 432 g/mol. The molecule has 1 aliphatic heterocycles. The molecule has 7 N–H and O–H groups in total. The number of hydrogen-bond acceptors (Lipinski definition) is 7. The maximum Gasteiger partial charge on any atom is 0.328 e. The first-order valence-electron chi connectivity index (χ1n) is 11.1. The van der Waals surface area contributed by atoms with Gasteiger partial charge in [-0.1, -0.05) is 13.8 Å². The van der Waals surface area contributed by atoms with Crippen LogP contribution in [-0.4, -0.2) is 85.6 Å². The van der Waals surface area contributed by atoms with E-state index in [1.165, 1.54) is 18.2 Å². The van der Waals surface area contributed by atoms with Gasteiger partial charge in [0.2, 0.25) is 17.7 Å². The average molecular weight is 467 g/mol. The van der Waals surface area contributed by atoms with Crippen molar-refractivity contribution in [1.82, 2.24) is 25.5 Å². The Kier molecular flexibility index (Phi) is 9.35. The number of nitrogens with one attached hydrogen (secondary N) is 3. The van der Waals surface area contributed by atoms with Crippen molar-refractivity contribution in [2.45, 2.75) is 76.7 Å². The topological polar surface area (TPSA) is 191 Å². The van der Waals surface area contributed by atoms with Gasteiger partial charge in [0, 0.05) is 24.9 Å². The molecule has 0 aliphatic carbocycles. The van der Waals surface area contributed by atoms with Gasteiger partial charge in [-0.3, -0.25) is 14.4 Å². The van der Waals surface area contributed by atoms with Gasteiger partial charge in [-0.2, -0.15) is 0 Å². The number of carboxylic acid groups (broad SMARTS) is 1. The summed E-state index contributed by atoms with van der Waals surface area (Å²) in [4.78, 5) is 58.2. The van der Waals surface area contributed by atoms with Crippen LogP contribution in [0.15, 0.2) is 12.5 Å². The van der Waals surface area contributed by atoms with Gasteiger partial charge in [0.05, 0.1) is 18.5 Å². The number of H-pyrrole nitrogens is 1. The molecule has 5 atom stereocenters. The van der Waals surface area contributed by atoms with Crippen LogP contribution in [0, 0.1) is 5.92 Å². The number of carboxylic acids is 1. The Morgan fingerprint density at radius 3 is 2.52 bits per heavy atom. The van der Waals surface area contributed by atoms with E-state index in [-0.39, 0.29) is 24.7 Å². The molecule has 0 saturated carbocycles. The Labute approximate surface area is 192 Å². The molecule has 0 spiro atoms. The smallest absolute Gasteiger partial charge is 0.328 e. The third-order valence-electron chi connectivity index (χ3n) is 5.54. The number of aromatic amines is 1. The molecule has 0 aromatic carbocycles. The largest absolute Gasteiger partial charge is 0.480 e. The number of hydrogen-bond donors (Lipinski definition) is 6. The molecule has 1 fully saturated rings. The maximum atomic E-state index is 13.0. The predicted molar refractivity (Wildman–Crippen MR) is 118 cm³/mol. The number of amides is 3. The Hall–Kier alpha value is -2.99. The number of aliphatic hydroxyl groups is 1. The minimum Gasteiger partial charge on any atom is -0.480 e. The normalized spacial score (nSPS) is 19.6. The summed E-state index contributed by atoms with van der Waals surface area (Å²) >= 11 is 0. The van der Waals surface area contributed by atoms with E-state index in [2.05, 4.69) is 20.6 Å². The standard InChI is InChI=1S/C21H34N6O6/c1-11(2)7-15(18(29)26-17(12(3)28)21(32)33)25-19(30)16-5-4-6-27(16)20(31)14(22)8-13-9-23-10-24-13/h9-12,14-17,28H,4-8,22H2,1-3H3,(H,23,24)(H,25,30)(H,26,29)(H,32,33). The molecule has 5 unspecified atom stereocenters. The zero-order chi connectivity index (χ0) is 24.7. The second kappa shape index (κ2) is 11.8. The van der Waals surface area contributed by atoms with E-state index in [1.807, 2.05) is 13.8 Å². The number of aliphatic hydroxyl groups excluding tert-OH is 1. The summed E-state index contributed by atoms with van der Waals surface area (Å²) in [5.74, 6) is -2.95. The Balaban J connectivity index is 2.07. The molecule has 0 bridgehead atoms. The Bertz CT molecular complexity index is 827. The quantitative estimate of drug-likeness (QED) is 0.233. The van der Waals surface area contributed by atoms with E-state index < -0.39 is 48.1 Å². The molecule has 1 aromatic rings. The molecule has 0 radical (unpaired) electrons. The van der Waals surface area contributed by atoms with Crippen molar-refractivity contribution in [3.63, 3.8) is 0 Å². The first kappa shape index (κ1) is 26.3. The minimum absolute atomic E-state index is 0.0139. The highest BCUT2D eigenvalue weighted by atomic mass is 16.4. The monoisotopic (exact) mass is 466 g/mol. The number of carbonyl (C=O) groups excluding carboxylic acids is 3. The lowest BCUT2D eigenvalue weighted by Gasteiger charge is -2.29. The van der Waals surface area contributed by atoms with Crippen molar-refractivity contribution in [2.75, 3.05) is 6.54 Å². The van der Waals surface area contributed by atoms with Crippen LogP contribution in [0.25, 0.3) is 0 Å². The zero-order valence-corrected chi connectivity index (χ0v) is 19.2. The molecule has 2 rings (SSSR count). The molecule has 1 saturated heterocycles. The van der Waals surface area contributed by atoms with Gasteiger partial charge >= 0.3 is 5.97 Å². The second-order valence-electron chi connectivity index (χ2n) is 8.83. The van der Waals surface area contributed by atoms with E-state index in [1.54, 1.807) is 6.20 Å². The van der Waals surface area contributed by atoms with Crippen LogP contribution in [0.1, 0.15) is 45.7 Å². The number of carbonyl (C=O) groups is 4. The number of likely N-dealkylation sites (tertiary alicyclic amines) is 1. The van der Waals surface area contributed by atoms with Crippen molar-refractivity contribution in [2.24, 2.45) is 11.7 Å². The second-order valence-corrected chi connectivity index (χ2v) is 8.83. The number of nitrogens with two attached hydrogens (primary N) is 1. The molecule has 3 amide bonds. The maximum absolute atomic E-state index is 13.0. The van der Waals surface area contributed by atoms with Crippen LogP contribution in [-0.2, 0) is 25.6 Å². The van der Waals surface area contributed by atoms with Gasteiger partial charge in [0.1, 0.15) is 12.1 Å². The molecular formula is C21H34N6O6. The summed E-state index contributed by atoms with van der Waals surface area (Å²) < 4.78 is 0. The molecule has 184 valence electrons. The molecule has 2 heterocycles. The van der Waals surface area contributed by atoms with Crippen LogP contribution in [0.2, 0.25) is 0 Å².